The number of carbonyl (C=O) groups excluding carboxylic acids is 1. The van der Waals surface area contributed by atoms with Crippen LogP contribution in [0.5, 0.6) is 5.75 Å². The minimum atomic E-state index is -0.254. The number of methoxy groups -OCH3 is 1. The zero-order valence-electron chi connectivity index (χ0n) is 21.6. The van der Waals surface area contributed by atoms with Crippen molar-refractivity contribution in [3.05, 3.63) is 125 Å². The van der Waals surface area contributed by atoms with E-state index < -0.39 is 0 Å². The van der Waals surface area contributed by atoms with Gasteiger partial charge in [-0.15, -0.1) is 0 Å². The van der Waals surface area contributed by atoms with Crippen molar-refractivity contribution in [1.29, 1.82) is 0 Å². The molecule has 3 heteroatoms. The van der Waals surface area contributed by atoms with Crippen LogP contribution in [-0.2, 0) is 13.0 Å². The minimum Gasteiger partial charge on any atom is -0.497 e. The van der Waals surface area contributed by atoms with Crippen LogP contribution in [-0.4, -0.2) is 31.9 Å². The molecule has 0 bridgehead atoms. The second kappa shape index (κ2) is 9.49. The minimum absolute atomic E-state index is 0.0692. The number of benzene rings is 5. The van der Waals surface area contributed by atoms with Gasteiger partial charge in [0, 0.05) is 18.0 Å². The van der Waals surface area contributed by atoms with E-state index in [1.807, 2.05) is 12.1 Å². The first-order valence-electron chi connectivity index (χ1n) is 12.9. The maximum absolute atomic E-state index is 14.5. The summed E-state index contributed by atoms with van der Waals surface area (Å²) in [6.07, 6.45) is 0.827. The summed E-state index contributed by atoms with van der Waals surface area (Å²) < 4.78 is 5.41. The molecule has 184 valence electrons. The SMILES string of the molecule is COc1ccc(C2C(=O)c3c(ccc4c3ccc3ccccc34)CC2c2ccc(CN(C)C)cc2)cc1. The Kier molecular flexibility index (Phi) is 6.02. The molecule has 5 aromatic rings. The van der Waals surface area contributed by atoms with Crippen LogP contribution in [0.25, 0.3) is 21.5 Å². The van der Waals surface area contributed by atoms with Crippen LogP contribution in [0, 0.1) is 0 Å². The molecule has 0 aromatic heterocycles. The topological polar surface area (TPSA) is 29.5 Å². The molecule has 1 aliphatic carbocycles. The average molecular weight is 486 g/mol. The van der Waals surface area contributed by atoms with Gasteiger partial charge in [0.1, 0.15) is 5.75 Å². The number of rotatable bonds is 5. The van der Waals surface area contributed by atoms with Crippen LogP contribution in [0.3, 0.4) is 0 Å². The third-order valence-corrected chi connectivity index (χ3v) is 7.76. The zero-order valence-corrected chi connectivity index (χ0v) is 21.6. The van der Waals surface area contributed by atoms with E-state index in [1.165, 1.54) is 21.9 Å². The third kappa shape index (κ3) is 4.20. The number of hydrogen-bond acceptors (Lipinski definition) is 3. The van der Waals surface area contributed by atoms with Crippen LogP contribution >= 0.6 is 0 Å². The van der Waals surface area contributed by atoms with Crippen molar-refractivity contribution in [2.24, 2.45) is 0 Å². The predicted octanol–water partition coefficient (Wildman–Crippen LogP) is 7.37. The summed E-state index contributed by atoms with van der Waals surface area (Å²) in [6, 6.07) is 33.9. The highest BCUT2D eigenvalue weighted by atomic mass is 16.5. The first-order valence-corrected chi connectivity index (χ1v) is 12.9. The van der Waals surface area contributed by atoms with E-state index >= 15 is 0 Å². The normalized spacial score (nSPS) is 17.4. The standard InChI is InChI=1S/C34H31NO2/c1-35(2)21-22-8-10-24(11-9-22)31-20-26-15-18-29-28-7-5-4-6-23(28)14-19-30(29)33(26)34(36)32(31)25-12-16-27(37-3)17-13-25/h4-19,31-32H,20-21H2,1-3H3. The fourth-order valence-corrected chi connectivity index (χ4v) is 6.03. The van der Waals surface area contributed by atoms with Crippen molar-refractivity contribution < 1.29 is 9.53 Å². The highest BCUT2D eigenvalue weighted by Crippen LogP contribution is 2.45. The first kappa shape index (κ1) is 23.4. The quantitative estimate of drug-likeness (QED) is 0.243. The number of ether oxygens (including phenoxy) is 1. The van der Waals surface area contributed by atoms with Gasteiger partial charge < -0.3 is 9.64 Å². The molecule has 0 amide bonds. The van der Waals surface area contributed by atoms with Crippen LogP contribution in [0.4, 0.5) is 0 Å². The molecule has 0 fully saturated rings. The number of Topliss-reactive ketones (excluding diaryl/α,β-unsaturated/α-hetero) is 1. The molecule has 37 heavy (non-hydrogen) atoms. The third-order valence-electron chi connectivity index (χ3n) is 7.76. The van der Waals surface area contributed by atoms with Gasteiger partial charge in [-0.2, -0.15) is 0 Å². The highest BCUT2D eigenvalue weighted by Gasteiger charge is 2.38. The molecule has 0 saturated heterocycles. The van der Waals surface area contributed by atoms with Gasteiger partial charge in [0.15, 0.2) is 5.78 Å². The summed E-state index contributed by atoms with van der Waals surface area (Å²) in [6.45, 7) is 0.897. The first-order chi connectivity index (χ1) is 18.0. The van der Waals surface area contributed by atoms with Gasteiger partial charge in [-0.1, -0.05) is 84.9 Å². The zero-order chi connectivity index (χ0) is 25.5. The van der Waals surface area contributed by atoms with E-state index in [9.17, 15) is 4.79 Å². The second-order valence-corrected chi connectivity index (χ2v) is 10.4. The Bertz CT molecular complexity index is 1600. The maximum Gasteiger partial charge on any atom is 0.171 e. The van der Waals surface area contributed by atoms with Crippen LogP contribution in [0.2, 0.25) is 0 Å². The molecule has 0 radical (unpaired) electrons. The van der Waals surface area contributed by atoms with Gasteiger partial charge in [-0.05, 0) is 76.4 Å². The fourth-order valence-electron chi connectivity index (χ4n) is 6.03. The Hall–Kier alpha value is -3.95. The average Bonchev–Trinajstić information content (AvgIpc) is 2.92. The molecule has 3 nitrogen and oxygen atoms in total. The molecule has 5 aromatic carbocycles. The monoisotopic (exact) mass is 485 g/mol. The molecule has 0 spiro atoms. The van der Waals surface area contributed by atoms with E-state index in [0.29, 0.717) is 0 Å². The maximum atomic E-state index is 14.5. The Balaban J connectivity index is 1.51. The lowest BCUT2D eigenvalue weighted by molar-refractivity contribution is 0.0937. The number of ketones is 1. The lowest BCUT2D eigenvalue weighted by atomic mass is 9.68. The molecule has 0 heterocycles. The number of nitrogens with zero attached hydrogens (tertiary/aromatic N) is 1. The number of hydrogen-bond donors (Lipinski definition) is 0. The molecule has 0 aliphatic heterocycles. The van der Waals surface area contributed by atoms with Gasteiger partial charge in [-0.3, -0.25) is 4.79 Å². The van der Waals surface area contributed by atoms with E-state index in [1.54, 1.807) is 7.11 Å². The Labute approximate surface area is 218 Å². The summed E-state index contributed by atoms with van der Waals surface area (Å²) in [5.41, 5.74) is 5.54. The van der Waals surface area contributed by atoms with Gasteiger partial charge >= 0.3 is 0 Å². The summed E-state index contributed by atoms with van der Waals surface area (Å²) in [5.74, 6) is 0.818. The Morgan fingerprint density at radius 1 is 0.757 bits per heavy atom. The molecule has 2 atom stereocenters. The smallest absolute Gasteiger partial charge is 0.171 e. The van der Waals surface area contributed by atoms with Crippen molar-refractivity contribution in [2.45, 2.75) is 24.8 Å². The Morgan fingerprint density at radius 2 is 1.46 bits per heavy atom. The van der Waals surface area contributed by atoms with Crippen molar-refractivity contribution in [1.82, 2.24) is 4.90 Å². The fraction of sp³-hybridized carbons (Fsp3) is 0.206. The molecular formula is C34H31NO2. The van der Waals surface area contributed by atoms with Crippen molar-refractivity contribution in [2.75, 3.05) is 21.2 Å². The summed E-state index contributed by atoms with van der Waals surface area (Å²) in [5, 5.41) is 4.58. The molecule has 2 unspecified atom stereocenters. The molecule has 6 rings (SSSR count). The van der Waals surface area contributed by atoms with E-state index in [0.717, 1.165) is 46.2 Å². The lowest BCUT2D eigenvalue weighted by Crippen LogP contribution is -2.29. The van der Waals surface area contributed by atoms with Crippen LogP contribution < -0.4 is 4.74 Å². The van der Waals surface area contributed by atoms with Gasteiger partial charge in [0.05, 0.1) is 13.0 Å². The lowest BCUT2D eigenvalue weighted by Gasteiger charge is -2.34. The number of fused-ring (bicyclic) bond motifs is 5. The van der Waals surface area contributed by atoms with E-state index in [4.69, 9.17) is 4.74 Å². The summed E-state index contributed by atoms with van der Waals surface area (Å²) in [7, 11) is 5.83. The van der Waals surface area contributed by atoms with Crippen molar-refractivity contribution in [3.8, 4) is 5.75 Å². The van der Waals surface area contributed by atoms with Crippen molar-refractivity contribution >= 4 is 27.3 Å². The van der Waals surface area contributed by atoms with Crippen molar-refractivity contribution in [3.63, 3.8) is 0 Å². The van der Waals surface area contributed by atoms with Gasteiger partial charge in [0.2, 0.25) is 0 Å². The Morgan fingerprint density at radius 3 is 2.19 bits per heavy atom. The number of carbonyl (C=O) groups is 1. The largest absolute Gasteiger partial charge is 0.497 e. The van der Waals surface area contributed by atoms with E-state index in [2.05, 4.69) is 104 Å². The van der Waals surface area contributed by atoms with Crippen LogP contribution in [0.1, 0.15) is 44.4 Å². The molecule has 0 saturated carbocycles. The molecule has 1 aliphatic rings. The molecular weight excluding hydrogens is 454 g/mol. The van der Waals surface area contributed by atoms with Gasteiger partial charge in [0.25, 0.3) is 0 Å². The summed E-state index contributed by atoms with van der Waals surface area (Å²) >= 11 is 0. The van der Waals surface area contributed by atoms with Crippen LogP contribution in [0.15, 0.2) is 97.1 Å². The second-order valence-electron chi connectivity index (χ2n) is 10.4. The van der Waals surface area contributed by atoms with Gasteiger partial charge in [-0.25, -0.2) is 0 Å². The van der Waals surface area contributed by atoms with E-state index in [-0.39, 0.29) is 17.6 Å². The highest BCUT2D eigenvalue weighted by molar-refractivity contribution is 6.18. The molecule has 0 N–H and O–H groups in total. The predicted molar refractivity (Wildman–Crippen MR) is 152 cm³/mol. The summed E-state index contributed by atoms with van der Waals surface area (Å²) in [4.78, 5) is 16.7.